The predicted octanol–water partition coefficient (Wildman–Crippen LogP) is 1.24. The van der Waals surface area contributed by atoms with Gasteiger partial charge in [-0.05, 0) is 12.5 Å². The van der Waals surface area contributed by atoms with Crippen molar-refractivity contribution in [2.75, 3.05) is 26.3 Å². The first-order valence-electron chi connectivity index (χ1n) is 6.34. The van der Waals surface area contributed by atoms with E-state index in [1.165, 1.54) is 5.56 Å². The van der Waals surface area contributed by atoms with E-state index in [0.29, 0.717) is 32.7 Å². The highest BCUT2D eigenvalue weighted by Gasteiger charge is 2.19. The van der Waals surface area contributed by atoms with E-state index in [4.69, 9.17) is 10.5 Å². The number of aryl methyl sites for hydroxylation is 1. The largest absolute Gasteiger partial charge is 0.378 e. The fourth-order valence-electron chi connectivity index (χ4n) is 2.15. The summed E-state index contributed by atoms with van der Waals surface area (Å²) in [5.74, 6) is 0.118. The monoisotopic (exact) mass is 248 g/mol. The molecule has 4 heteroatoms. The molecule has 18 heavy (non-hydrogen) atoms. The molecule has 1 aromatic carbocycles. The Hall–Kier alpha value is -1.39. The molecule has 1 aliphatic rings. The molecular formula is C14H20N2O2. The number of nitrogens with zero attached hydrogens (tertiary/aromatic N) is 1. The zero-order valence-electron chi connectivity index (χ0n) is 10.8. The van der Waals surface area contributed by atoms with Crippen LogP contribution in [0.2, 0.25) is 0 Å². The Morgan fingerprint density at radius 2 is 2.17 bits per heavy atom. The van der Waals surface area contributed by atoms with Crippen molar-refractivity contribution in [1.29, 1.82) is 0 Å². The van der Waals surface area contributed by atoms with Crippen molar-refractivity contribution in [3.63, 3.8) is 0 Å². The molecule has 1 aliphatic heterocycles. The quantitative estimate of drug-likeness (QED) is 0.875. The second-order valence-electron chi connectivity index (χ2n) is 4.72. The number of morpholine rings is 1. The molecule has 1 atom stereocenters. The van der Waals surface area contributed by atoms with Crippen molar-refractivity contribution in [2.45, 2.75) is 19.4 Å². The van der Waals surface area contributed by atoms with E-state index in [1.54, 1.807) is 0 Å². The third-order valence-electron chi connectivity index (χ3n) is 3.23. The first kappa shape index (κ1) is 13.1. The topological polar surface area (TPSA) is 55.6 Å². The Kier molecular flexibility index (Phi) is 4.33. The van der Waals surface area contributed by atoms with Crippen LogP contribution in [0.4, 0.5) is 0 Å². The van der Waals surface area contributed by atoms with Crippen LogP contribution in [0.5, 0.6) is 0 Å². The van der Waals surface area contributed by atoms with Gasteiger partial charge in [-0.25, -0.2) is 0 Å². The second kappa shape index (κ2) is 5.98. The lowest BCUT2D eigenvalue weighted by Crippen LogP contribution is -2.41. The van der Waals surface area contributed by atoms with Crippen molar-refractivity contribution in [2.24, 2.45) is 5.73 Å². The molecule has 4 nitrogen and oxygen atoms in total. The maximum atomic E-state index is 12.1. The molecule has 1 unspecified atom stereocenters. The van der Waals surface area contributed by atoms with Gasteiger partial charge in [-0.3, -0.25) is 4.79 Å². The Bertz CT molecular complexity index is 414. The Balaban J connectivity index is 1.94. The number of hydrogen-bond donors (Lipinski definition) is 1. The molecular weight excluding hydrogens is 228 g/mol. The van der Waals surface area contributed by atoms with E-state index in [0.717, 1.165) is 5.56 Å². The fourth-order valence-corrected chi connectivity index (χ4v) is 2.15. The molecule has 0 radical (unpaired) electrons. The predicted molar refractivity (Wildman–Crippen MR) is 70.1 cm³/mol. The SMILES string of the molecule is Cc1cccc(C(N)CC(=O)N2CCOCC2)c1. The van der Waals surface area contributed by atoms with Gasteiger partial charge in [0.2, 0.25) is 5.91 Å². The zero-order valence-corrected chi connectivity index (χ0v) is 10.8. The molecule has 98 valence electrons. The van der Waals surface area contributed by atoms with Gasteiger partial charge < -0.3 is 15.4 Å². The highest BCUT2D eigenvalue weighted by atomic mass is 16.5. The molecule has 1 aromatic rings. The van der Waals surface area contributed by atoms with E-state index >= 15 is 0 Å². The normalized spacial score (nSPS) is 17.6. The van der Waals surface area contributed by atoms with Gasteiger partial charge in [-0.2, -0.15) is 0 Å². The second-order valence-corrected chi connectivity index (χ2v) is 4.72. The van der Waals surface area contributed by atoms with E-state index in [1.807, 2.05) is 36.1 Å². The minimum Gasteiger partial charge on any atom is -0.378 e. The van der Waals surface area contributed by atoms with E-state index in [2.05, 4.69) is 0 Å². The van der Waals surface area contributed by atoms with Crippen LogP contribution < -0.4 is 5.73 Å². The van der Waals surface area contributed by atoms with Gasteiger partial charge in [0.25, 0.3) is 0 Å². The summed E-state index contributed by atoms with van der Waals surface area (Å²) < 4.78 is 5.23. The van der Waals surface area contributed by atoms with E-state index < -0.39 is 0 Å². The molecule has 1 amide bonds. The number of hydrogen-bond acceptors (Lipinski definition) is 3. The molecule has 0 aliphatic carbocycles. The van der Waals surface area contributed by atoms with Crippen LogP contribution in [-0.2, 0) is 9.53 Å². The molecule has 1 heterocycles. The number of amides is 1. The van der Waals surface area contributed by atoms with Crippen LogP contribution in [0.1, 0.15) is 23.6 Å². The van der Waals surface area contributed by atoms with Crippen LogP contribution in [0, 0.1) is 6.92 Å². The molecule has 0 aromatic heterocycles. The number of nitrogens with two attached hydrogens (primary N) is 1. The minimum absolute atomic E-state index is 0.118. The third-order valence-corrected chi connectivity index (χ3v) is 3.23. The third kappa shape index (κ3) is 3.31. The summed E-state index contributed by atoms with van der Waals surface area (Å²) in [5.41, 5.74) is 8.29. The summed E-state index contributed by atoms with van der Waals surface area (Å²) in [6.45, 7) is 4.65. The number of benzene rings is 1. The Morgan fingerprint density at radius 1 is 1.44 bits per heavy atom. The number of ether oxygens (including phenoxy) is 1. The van der Waals surface area contributed by atoms with Gasteiger partial charge in [-0.15, -0.1) is 0 Å². The summed E-state index contributed by atoms with van der Waals surface area (Å²) >= 11 is 0. The van der Waals surface area contributed by atoms with Crippen molar-refractivity contribution < 1.29 is 9.53 Å². The van der Waals surface area contributed by atoms with Gasteiger partial charge in [0.05, 0.1) is 13.2 Å². The molecule has 2 N–H and O–H groups in total. The summed E-state index contributed by atoms with van der Waals surface area (Å²) in [5, 5.41) is 0. The summed E-state index contributed by atoms with van der Waals surface area (Å²) in [6, 6.07) is 7.80. The minimum atomic E-state index is -0.222. The molecule has 0 bridgehead atoms. The average Bonchev–Trinajstić information content (AvgIpc) is 2.39. The van der Waals surface area contributed by atoms with E-state index in [-0.39, 0.29) is 11.9 Å². The van der Waals surface area contributed by atoms with Crippen LogP contribution in [0.3, 0.4) is 0 Å². The molecule has 0 saturated carbocycles. The molecule has 0 spiro atoms. The number of rotatable bonds is 3. The van der Waals surface area contributed by atoms with Gasteiger partial charge in [0.15, 0.2) is 0 Å². The van der Waals surface area contributed by atoms with Gasteiger partial charge >= 0.3 is 0 Å². The van der Waals surface area contributed by atoms with Crippen molar-refractivity contribution in [1.82, 2.24) is 4.90 Å². The number of carbonyl (C=O) groups excluding carboxylic acids is 1. The van der Waals surface area contributed by atoms with Gasteiger partial charge in [0.1, 0.15) is 0 Å². The van der Waals surface area contributed by atoms with Crippen LogP contribution in [-0.4, -0.2) is 37.1 Å². The smallest absolute Gasteiger partial charge is 0.224 e. The standard InChI is InChI=1S/C14H20N2O2/c1-11-3-2-4-12(9-11)13(15)10-14(17)16-5-7-18-8-6-16/h2-4,9,13H,5-8,10,15H2,1H3. The fraction of sp³-hybridized carbons (Fsp3) is 0.500. The lowest BCUT2D eigenvalue weighted by Gasteiger charge is -2.28. The van der Waals surface area contributed by atoms with E-state index in [9.17, 15) is 4.79 Å². The average molecular weight is 248 g/mol. The molecule has 1 saturated heterocycles. The van der Waals surface area contributed by atoms with Crippen LogP contribution >= 0.6 is 0 Å². The maximum absolute atomic E-state index is 12.1. The summed E-state index contributed by atoms with van der Waals surface area (Å²) in [4.78, 5) is 13.9. The van der Waals surface area contributed by atoms with Gasteiger partial charge in [0, 0.05) is 25.6 Å². The zero-order chi connectivity index (χ0) is 13.0. The Morgan fingerprint density at radius 3 is 2.83 bits per heavy atom. The van der Waals surface area contributed by atoms with Crippen LogP contribution in [0.25, 0.3) is 0 Å². The van der Waals surface area contributed by atoms with Crippen molar-refractivity contribution in [3.05, 3.63) is 35.4 Å². The highest BCUT2D eigenvalue weighted by molar-refractivity contribution is 5.77. The van der Waals surface area contributed by atoms with Crippen LogP contribution in [0.15, 0.2) is 24.3 Å². The maximum Gasteiger partial charge on any atom is 0.224 e. The lowest BCUT2D eigenvalue weighted by atomic mass is 10.0. The molecule has 1 fully saturated rings. The highest BCUT2D eigenvalue weighted by Crippen LogP contribution is 2.16. The first-order chi connectivity index (χ1) is 8.66. The van der Waals surface area contributed by atoms with Crippen molar-refractivity contribution in [3.8, 4) is 0 Å². The van der Waals surface area contributed by atoms with Crippen molar-refractivity contribution >= 4 is 5.91 Å². The first-order valence-corrected chi connectivity index (χ1v) is 6.34. The molecule has 2 rings (SSSR count). The Labute approximate surface area is 108 Å². The summed E-state index contributed by atoms with van der Waals surface area (Å²) in [7, 11) is 0. The van der Waals surface area contributed by atoms with Gasteiger partial charge in [-0.1, -0.05) is 29.8 Å². The summed E-state index contributed by atoms with van der Waals surface area (Å²) in [6.07, 6.45) is 0.365. The number of carbonyl (C=O) groups is 1. The lowest BCUT2D eigenvalue weighted by molar-refractivity contribution is -0.135.